The van der Waals surface area contributed by atoms with Gasteiger partial charge in [-0.15, -0.1) is 11.8 Å². The van der Waals surface area contributed by atoms with E-state index in [1.54, 1.807) is 23.6 Å². The van der Waals surface area contributed by atoms with Gasteiger partial charge in [0.1, 0.15) is 21.3 Å². The molecule has 0 saturated heterocycles. The zero-order valence-electron chi connectivity index (χ0n) is 19.5. The maximum Gasteiger partial charge on any atom is 0.256 e. The fraction of sp³-hybridized carbons (Fsp3) is 0.320. The molecule has 190 valence electrons. The molecule has 5 rings (SSSR count). The lowest BCUT2D eigenvalue weighted by Gasteiger charge is -2.23. The molecule has 0 unspecified atom stereocenters. The second kappa shape index (κ2) is 9.99. The van der Waals surface area contributed by atoms with Crippen LogP contribution in [0, 0.1) is 16.3 Å². The van der Waals surface area contributed by atoms with E-state index >= 15 is 0 Å². The van der Waals surface area contributed by atoms with Gasteiger partial charge in [-0.25, -0.2) is 12.8 Å². The van der Waals surface area contributed by atoms with Crippen molar-refractivity contribution < 1.29 is 17.5 Å². The number of hydrogen-bond donors (Lipinski definition) is 2. The fourth-order valence-electron chi connectivity index (χ4n) is 4.20. The zero-order chi connectivity index (χ0) is 25.5. The molecule has 36 heavy (non-hydrogen) atoms. The molecule has 1 aliphatic heterocycles. The summed E-state index contributed by atoms with van der Waals surface area (Å²) in [5, 5.41) is 3.53. The molecule has 0 amide bonds. The van der Waals surface area contributed by atoms with Crippen molar-refractivity contribution in [2.45, 2.75) is 42.7 Å². The van der Waals surface area contributed by atoms with Gasteiger partial charge in [-0.3, -0.25) is 9.52 Å². The third kappa shape index (κ3) is 4.90. The quantitative estimate of drug-likeness (QED) is 0.311. The Labute approximate surface area is 227 Å². The van der Waals surface area contributed by atoms with Gasteiger partial charge in [0.2, 0.25) is 10.0 Å². The number of rotatable bonds is 9. The lowest BCUT2D eigenvalue weighted by atomic mass is 10.2. The Bertz CT molecular complexity index is 1470. The number of ether oxygens (including phenoxy) is 1. The van der Waals surface area contributed by atoms with Crippen LogP contribution in [0.1, 0.15) is 24.0 Å². The van der Waals surface area contributed by atoms with Crippen LogP contribution in [0.25, 0.3) is 0 Å². The van der Waals surface area contributed by atoms with Crippen LogP contribution in [-0.4, -0.2) is 30.1 Å². The highest BCUT2D eigenvalue weighted by atomic mass is 127. The number of thioether (sulfide) groups is 1. The van der Waals surface area contributed by atoms with Crippen molar-refractivity contribution in [3.8, 4) is 0 Å². The molecular formula is C25H25FIN3O4S2. The van der Waals surface area contributed by atoms with Crippen molar-refractivity contribution in [1.29, 1.82) is 0 Å². The van der Waals surface area contributed by atoms with Crippen molar-refractivity contribution in [2.24, 2.45) is 0 Å². The van der Waals surface area contributed by atoms with Gasteiger partial charge in [0.25, 0.3) is 5.56 Å². The molecule has 0 bridgehead atoms. The number of aromatic nitrogens is 1. The minimum atomic E-state index is -3.88. The Morgan fingerprint density at radius 1 is 1.17 bits per heavy atom. The van der Waals surface area contributed by atoms with E-state index in [9.17, 15) is 17.6 Å². The van der Waals surface area contributed by atoms with Crippen LogP contribution in [0.2, 0.25) is 0 Å². The van der Waals surface area contributed by atoms with Crippen molar-refractivity contribution >= 4 is 61.4 Å². The number of sulfonamides is 1. The third-order valence-corrected chi connectivity index (χ3v) is 10.4. The number of pyridine rings is 1. The van der Waals surface area contributed by atoms with E-state index < -0.39 is 20.6 Å². The molecule has 1 aliphatic carbocycles. The SMILES string of the molecule is Cc1c(Nc2ccc(I)cc2F)c(NS(=O)(=O)C2(COCc3ccccc3)CC2)c2n(c1=O)CCS2. The lowest BCUT2D eigenvalue weighted by molar-refractivity contribution is 0.116. The standard InChI is InChI=1S/C25H25FIN3O4S2/c1-16-21(28-20-8-7-18(27)13-19(20)26)22(24-30(23(16)31)11-12-35-24)29-36(32,33)25(9-10-25)15-34-14-17-5-3-2-4-6-17/h2-8,13,28-29H,9-12,14-15H2,1H3. The van der Waals surface area contributed by atoms with Gasteiger partial charge in [0.15, 0.2) is 0 Å². The number of nitrogens with zero attached hydrogens (tertiary/aromatic N) is 1. The highest BCUT2D eigenvalue weighted by molar-refractivity contribution is 14.1. The average molecular weight is 642 g/mol. The monoisotopic (exact) mass is 641 g/mol. The van der Waals surface area contributed by atoms with Gasteiger partial charge in [-0.05, 0) is 66.1 Å². The van der Waals surface area contributed by atoms with Crippen LogP contribution < -0.4 is 15.6 Å². The van der Waals surface area contributed by atoms with Crippen LogP contribution in [0.5, 0.6) is 0 Å². The summed E-state index contributed by atoms with van der Waals surface area (Å²) in [5.41, 5.74) is 1.78. The van der Waals surface area contributed by atoms with E-state index in [-0.39, 0.29) is 29.2 Å². The number of hydrogen-bond acceptors (Lipinski definition) is 6. The number of fused-ring (bicyclic) bond motifs is 1. The maximum atomic E-state index is 14.7. The van der Waals surface area contributed by atoms with Crippen LogP contribution in [0.15, 0.2) is 58.4 Å². The summed E-state index contributed by atoms with van der Waals surface area (Å²) in [5.74, 6) is 0.159. The van der Waals surface area contributed by atoms with Crippen LogP contribution in [0.4, 0.5) is 21.5 Å². The van der Waals surface area contributed by atoms with Gasteiger partial charge < -0.3 is 14.6 Å². The molecule has 1 aromatic heterocycles. The zero-order valence-corrected chi connectivity index (χ0v) is 23.3. The third-order valence-electron chi connectivity index (χ3n) is 6.49. The predicted molar refractivity (Wildman–Crippen MR) is 149 cm³/mol. The number of nitrogens with one attached hydrogen (secondary N) is 2. The first-order chi connectivity index (χ1) is 17.2. The van der Waals surface area contributed by atoms with Crippen molar-refractivity contribution in [2.75, 3.05) is 22.4 Å². The summed E-state index contributed by atoms with van der Waals surface area (Å²) in [6.45, 7) is 2.49. The predicted octanol–water partition coefficient (Wildman–Crippen LogP) is 5.24. The van der Waals surface area contributed by atoms with Gasteiger partial charge in [0.05, 0.1) is 24.6 Å². The molecule has 1 saturated carbocycles. The number of benzene rings is 2. The van der Waals surface area contributed by atoms with Gasteiger partial charge in [0, 0.05) is 21.4 Å². The Morgan fingerprint density at radius 3 is 2.61 bits per heavy atom. The first kappa shape index (κ1) is 25.6. The summed E-state index contributed by atoms with van der Waals surface area (Å²) >= 11 is 3.42. The highest BCUT2D eigenvalue weighted by Crippen LogP contribution is 2.47. The summed E-state index contributed by atoms with van der Waals surface area (Å²) in [7, 11) is -3.88. The van der Waals surface area contributed by atoms with Crippen LogP contribution in [0.3, 0.4) is 0 Å². The first-order valence-corrected chi connectivity index (χ1v) is 15.0. The van der Waals surface area contributed by atoms with E-state index in [0.29, 0.717) is 42.3 Å². The van der Waals surface area contributed by atoms with E-state index in [2.05, 4.69) is 10.0 Å². The number of halogens is 2. The second-order valence-electron chi connectivity index (χ2n) is 9.00. The molecule has 2 aromatic carbocycles. The molecule has 0 atom stereocenters. The Balaban J connectivity index is 1.46. The van der Waals surface area contributed by atoms with Crippen LogP contribution in [-0.2, 0) is 27.9 Å². The number of anilines is 3. The summed E-state index contributed by atoms with van der Waals surface area (Å²) in [6, 6.07) is 14.3. The van der Waals surface area contributed by atoms with E-state index in [4.69, 9.17) is 4.74 Å². The summed E-state index contributed by atoms with van der Waals surface area (Å²) < 4.78 is 51.8. The molecule has 1 fully saturated rings. The lowest BCUT2D eigenvalue weighted by Crippen LogP contribution is -2.35. The molecule has 7 nitrogen and oxygen atoms in total. The first-order valence-electron chi connectivity index (χ1n) is 11.5. The molecule has 2 aliphatic rings. The van der Waals surface area contributed by atoms with E-state index in [1.165, 1.54) is 17.8 Å². The Morgan fingerprint density at radius 2 is 1.92 bits per heavy atom. The normalized spacial score (nSPS) is 16.0. The molecule has 11 heteroatoms. The molecule has 2 N–H and O–H groups in total. The average Bonchev–Trinajstić information content (AvgIpc) is 3.49. The van der Waals surface area contributed by atoms with E-state index in [0.717, 1.165) is 9.13 Å². The molecule has 0 radical (unpaired) electrons. The minimum Gasteiger partial charge on any atom is -0.375 e. The van der Waals surface area contributed by atoms with Crippen molar-refractivity contribution in [3.63, 3.8) is 0 Å². The van der Waals surface area contributed by atoms with Crippen molar-refractivity contribution in [3.05, 3.63) is 79.4 Å². The second-order valence-corrected chi connectivity index (χ2v) is 13.4. The molecular weight excluding hydrogens is 616 g/mol. The maximum absolute atomic E-state index is 14.7. The van der Waals surface area contributed by atoms with Crippen molar-refractivity contribution in [1.82, 2.24) is 4.57 Å². The van der Waals surface area contributed by atoms with Gasteiger partial charge >= 0.3 is 0 Å². The van der Waals surface area contributed by atoms with Gasteiger partial charge in [-0.2, -0.15) is 0 Å². The molecule has 3 aromatic rings. The molecule has 0 spiro atoms. The largest absolute Gasteiger partial charge is 0.375 e. The highest BCUT2D eigenvalue weighted by Gasteiger charge is 2.55. The fourth-order valence-corrected chi connectivity index (χ4v) is 7.37. The topological polar surface area (TPSA) is 89.4 Å². The Hall–Kier alpha value is -2.09. The van der Waals surface area contributed by atoms with Gasteiger partial charge in [-0.1, -0.05) is 30.3 Å². The van der Waals surface area contributed by atoms with E-state index in [1.807, 2.05) is 52.9 Å². The summed E-state index contributed by atoms with van der Waals surface area (Å²) in [4.78, 5) is 13.0. The molecule has 2 heterocycles. The Kier molecular flexibility index (Phi) is 7.09. The smallest absolute Gasteiger partial charge is 0.256 e. The van der Waals surface area contributed by atoms with Crippen LogP contribution >= 0.6 is 34.4 Å². The summed E-state index contributed by atoms with van der Waals surface area (Å²) in [6.07, 6.45) is 0.958. The minimum absolute atomic E-state index is 0.0623.